The second-order valence-corrected chi connectivity index (χ2v) is 5.36. The minimum Gasteiger partial charge on any atom is -0.497 e. The molecular formula is C17H19N5O3. The van der Waals surface area contributed by atoms with E-state index in [1.807, 2.05) is 18.2 Å². The molecule has 0 atom stereocenters. The van der Waals surface area contributed by atoms with Gasteiger partial charge in [0.05, 0.1) is 19.0 Å². The zero-order chi connectivity index (χ0) is 17.5. The number of aromatic amines is 2. The van der Waals surface area contributed by atoms with E-state index in [1.54, 1.807) is 31.6 Å². The summed E-state index contributed by atoms with van der Waals surface area (Å²) in [6, 6.07) is 8.99. The highest BCUT2D eigenvalue weighted by atomic mass is 16.5. The number of ether oxygens (including phenoxy) is 2. The maximum atomic E-state index is 12.1. The van der Waals surface area contributed by atoms with E-state index in [0.29, 0.717) is 30.1 Å². The van der Waals surface area contributed by atoms with Crippen molar-refractivity contribution in [2.75, 3.05) is 13.7 Å². The van der Waals surface area contributed by atoms with Crippen LogP contribution in [0.15, 0.2) is 42.7 Å². The van der Waals surface area contributed by atoms with Gasteiger partial charge in [-0.05, 0) is 30.2 Å². The average Bonchev–Trinajstić information content (AvgIpc) is 3.32. The maximum absolute atomic E-state index is 12.1. The van der Waals surface area contributed by atoms with Crippen LogP contribution in [0.2, 0.25) is 0 Å². The molecule has 0 fully saturated rings. The molecule has 8 nitrogen and oxygen atoms in total. The van der Waals surface area contributed by atoms with E-state index in [2.05, 4.69) is 25.7 Å². The number of amides is 1. The van der Waals surface area contributed by atoms with Crippen molar-refractivity contribution in [2.45, 2.75) is 13.0 Å². The van der Waals surface area contributed by atoms with E-state index in [-0.39, 0.29) is 12.5 Å². The van der Waals surface area contributed by atoms with Gasteiger partial charge < -0.3 is 14.8 Å². The Morgan fingerprint density at radius 2 is 2.16 bits per heavy atom. The van der Waals surface area contributed by atoms with Crippen molar-refractivity contribution in [2.24, 2.45) is 0 Å². The lowest BCUT2D eigenvalue weighted by Crippen LogP contribution is -2.25. The third-order valence-corrected chi connectivity index (χ3v) is 3.55. The molecule has 1 aromatic carbocycles. The summed E-state index contributed by atoms with van der Waals surface area (Å²) in [5.74, 6) is 1.17. The summed E-state index contributed by atoms with van der Waals surface area (Å²) in [6.45, 7) is 0.795. The standard InChI is InChI=1S/C17H19N5O3/c1-24-14-3-2-4-15(8-14)25-11-13-7-16(22-21-13)17(23)18-6-5-12-9-19-20-10-12/h2-4,7-10H,5-6,11H2,1H3,(H,18,23)(H,19,20)(H,21,22). The van der Waals surface area contributed by atoms with Crippen LogP contribution in [-0.2, 0) is 13.0 Å². The molecule has 25 heavy (non-hydrogen) atoms. The van der Waals surface area contributed by atoms with E-state index in [1.165, 1.54) is 0 Å². The first kappa shape index (κ1) is 16.6. The number of methoxy groups -OCH3 is 1. The minimum atomic E-state index is -0.229. The van der Waals surface area contributed by atoms with Gasteiger partial charge in [0.1, 0.15) is 23.8 Å². The Morgan fingerprint density at radius 1 is 1.28 bits per heavy atom. The predicted octanol–water partition coefficient (Wildman–Crippen LogP) is 1.69. The summed E-state index contributed by atoms with van der Waals surface area (Å²) >= 11 is 0. The Labute approximate surface area is 144 Å². The van der Waals surface area contributed by atoms with Crippen LogP contribution in [0.25, 0.3) is 0 Å². The van der Waals surface area contributed by atoms with E-state index >= 15 is 0 Å². The quantitative estimate of drug-likeness (QED) is 0.578. The van der Waals surface area contributed by atoms with Gasteiger partial charge in [0, 0.05) is 18.8 Å². The van der Waals surface area contributed by atoms with E-state index in [4.69, 9.17) is 9.47 Å². The fraction of sp³-hybridized carbons (Fsp3) is 0.235. The predicted molar refractivity (Wildman–Crippen MR) is 90.5 cm³/mol. The van der Waals surface area contributed by atoms with Crippen molar-refractivity contribution in [1.82, 2.24) is 25.7 Å². The number of nitrogens with one attached hydrogen (secondary N) is 3. The number of hydrogen-bond donors (Lipinski definition) is 3. The third kappa shape index (κ3) is 4.60. The number of carbonyl (C=O) groups excluding carboxylic acids is 1. The zero-order valence-electron chi connectivity index (χ0n) is 13.8. The first-order chi connectivity index (χ1) is 12.2. The number of benzene rings is 1. The first-order valence-corrected chi connectivity index (χ1v) is 7.81. The lowest BCUT2D eigenvalue weighted by molar-refractivity contribution is 0.0949. The summed E-state index contributed by atoms with van der Waals surface area (Å²) in [5.41, 5.74) is 2.08. The van der Waals surface area contributed by atoms with Gasteiger partial charge in [-0.2, -0.15) is 10.2 Å². The number of carbonyl (C=O) groups is 1. The normalized spacial score (nSPS) is 10.4. The number of aromatic nitrogens is 4. The third-order valence-electron chi connectivity index (χ3n) is 3.55. The largest absolute Gasteiger partial charge is 0.497 e. The molecule has 0 unspecified atom stereocenters. The number of rotatable bonds is 8. The molecule has 3 rings (SSSR count). The Hall–Kier alpha value is -3.29. The second-order valence-electron chi connectivity index (χ2n) is 5.36. The maximum Gasteiger partial charge on any atom is 0.271 e. The monoisotopic (exact) mass is 341 g/mol. The molecule has 1 amide bonds. The van der Waals surface area contributed by atoms with Crippen LogP contribution in [0, 0.1) is 0 Å². The summed E-state index contributed by atoms with van der Waals surface area (Å²) < 4.78 is 10.8. The molecule has 3 N–H and O–H groups in total. The van der Waals surface area contributed by atoms with Gasteiger partial charge in [0.15, 0.2) is 0 Å². The smallest absolute Gasteiger partial charge is 0.271 e. The molecule has 0 aliphatic rings. The van der Waals surface area contributed by atoms with Crippen molar-refractivity contribution < 1.29 is 14.3 Å². The lowest BCUT2D eigenvalue weighted by atomic mass is 10.2. The molecule has 130 valence electrons. The van der Waals surface area contributed by atoms with Gasteiger partial charge in [-0.1, -0.05) is 6.07 Å². The fourth-order valence-corrected chi connectivity index (χ4v) is 2.23. The van der Waals surface area contributed by atoms with Gasteiger partial charge in [-0.15, -0.1) is 0 Å². The molecular weight excluding hydrogens is 322 g/mol. The summed E-state index contributed by atoms with van der Waals surface area (Å²) in [5, 5.41) is 16.2. The van der Waals surface area contributed by atoms with E-state index in [0.717, 1.165) is 11.3 Å². The molecule has 0 saturated heterocycles. The Kier molecular flexibility index (Phi) is 5.30. The van der Waals surface area contributed by atoms with Crippen LogP contribution in [-0.4, -0.2) is 40.0 Å². The summed E-state index contributed by atoms with van der Waals surface area (Å²) in [6.07, 6.45) is 4.24. The summed E-state index contributed by atoms with van der Waals surface area (Å²) in [7, 11) is 1.60. The van der Waals surface area contributed by atoms with Gasteiger partial charge in [-0.25, -0.2) is 0 Å². The molecule has 0 spiro atoms. The fourth-order valence-electron chi connectivity index (χ4n) is 2.23. The highest BCUT2D eigenvalue weighted by Gasteiger charge is 2.10. The Bertz CT molecular complexity index is 813. The molecule has 8 heteroatoms. The van der Waals surface area contributed by atoms with Gasteiger partial charge >= 0.3 is 0 Å². The zero-order valence-corrected chi connectivity index (χ0v) is 13.8. The average molecular weight is 341 g/mol. The topological polar surface area (TPSA) is 105 Å². The highest BCUT2D eigenvalue weighted by molar-refractivity contribution is 5.92. The van der Waals surface area contributed by atoms with E-state index < -0.39 is 0 Å². The van der Waals surface area contributed by atoms with Crippen molar-refractivity contribution >= 4 is 5.91 Å². The SMILES string of the molecule is COc1cccc(OCc2cc(C(=O)NCCc3cn[nH]c3)n[nH]2)c1. The Balaban J connectivity index is 1.48. The van der Waals surface area contributed by atoms with E-state index in [9.17, 15) is 4.79 Å². The lowest BCUT2D eigenvalue weighted by Gasteiger charge is -2.06. The highest BCUT2D eigenvalue weighted by Crippen LogP contribution is 2.19. The molecule has 0 aliphatic carbocycles. The first-order valence-electron chi connectivity index (χ1n) is 7.81. The van der Waals surface area contributed by atoms with Crippen LogP contribution in [0.5, 0.6) is 11.5 Å². The van der Waals surface area contributed by atoms with Gasteiger partial charge in [-0.3, -0.25) is 15.0 Å². The van der Waals surface area contributed by atoms with Crippen molar-refractivity contribution in [1.29, 1.82) is 0 Å². The van der Waals surface area contributed by atoms with Crippen LogP contribution in [0.4, 0.5) is 0 Å². The van der Waals surface area contributed by atoms with Crippen molar-refractivity contribution in [3.8, 4) is 11.5 Å². The number of H-pyrrole nitrogens is 2. The van der Waals surface area contributed by atoms with Crippen molar-refractivity contribution in [3.63, 3.8) is 0 Å². The second kappa shape index (κ2) is 8.00. The van der Waals surface area contributed by atoms with Crippen molar-refractivity contribution in [3.05, 3.63) is 59.7 Å². The number of hydrogen-bond acceptors (Lipinski definition) is 5. The van der Waals surface area contributed by atoms with Gasteiger partial charge in [0.2, 0.25) is 0 Å². The molecule has 0 saturated carbocycles. The van der Waals surface area contributed by atoms with Crippen LogP contribution < -0.4 is 14.8 Å². The Morgan fingerprint density at radius 3 is 2.96 bits per heavy atom. The molecule has 2 aromatic heterocycles. The van der Waals surface area contributed by atoms with Gasteiger partial charge in [0.25, 0.3) is 5.91 Å². The molecule has 0 radical (unpaired) electrons. The summed E-state index contributed by atoms with van der Waals surface area (Å²) in [4.78, 5) is 12.1. The molecule has 2 heterocycles. The van der Waals surface area contributed by atoms with Crippen LogP contribution in [0.3, 0.4) is 0 Å². The molecule has 0 bridgehead atoms. The molecule has 3 aromatic rings. The number of nitrogens with zero attached hydrogens (tertiary/aromatic N) is 2. The van der Waals surface area contributed by atoms with Crippen LogP contribution in [0.1, 0.15) is 21.7 Å². The molecule has 0 aliphatic heterocycles. The van der Waals surface area contributed by atoms with Crippen LogP contribution >= 0.6 is 0 Å². The minimum absolute atomic E-state index is 0.229.